The topological polar surface area (TPSA) is 49.8 Å². The highest BCUT2D eigenvalue weighted by molar-refractivity contribution is 7.12. The second kappa shape index (κ2) is 4.24. The number of nitriles is 1. The van der Waals surface area contributed by atoms with Gasteiger partial charge < -0.3 is 5.73 Å². The van der Waals surface area contributed by atoms with E-state index in [0.29, 0.717) is 6.42 Å². The number of thiophene rings is 1. The van der Waals surface area contributed by atoms with E-state index in [1.807, 2.05) is 6.07 Å². The van der Waals surface area contributed by atoms with Gasteiger partial charge in [0.25, 0.3) is 0 Å². The molecule has 1 aromatic rings. The van der Waals surface area contributed by atoms with Crippen LogP contribution in [-0.4, -0.2) is 0 Å². The summed E-state index contributed by atoms with van der Waals surface area (Å²) in [5.41, 5.74) is 5.76. The van der Waals surface area contributed by atoms with Gasteiger partial charge in [-0.25, -0.2) is 0 Å². The number of hydrogen-bond donors (Lipinski definition) is 1. The fourth-order valence-corrected chi connectivity index (χ4v) is 1.94. The van der Waals surface area contributed by atoms with Gasteiger partial charge in [-0.15, -0.1) is 11.3 Å². The van der Waals surface area contributed by atoms with Crippen molar-refractivity contribution >= 4 is 11.3 Å². The highest BCUT2D eigenvalue weighted by Gasteiger charge is 2.07. The maximum atomic E-state index is 8.44. The molecule has 0 fully saturated rings. The van der Waals surface area contributed by atoms with E-state index in [1.165, 1.54) is 4.88 Å². The molecule has 1 heterocycles. The molecule has 0 bridgehead atoms. The highest BCUT2D eigenvalue weighted by atomic mass is 32.1. The zero-order valence-corrected chi connectivity index (χ0v) is 7.90. The SMILES string of the molecule is CCc1ccc([C@H](N)CC#N)s1. The Morgan fingerprint density at radius 3 is 2.92 bits per heavy atom. The Balaban J connectivity index is 2.69. The van der Waals surface area contributed by atoms with Crippen LogP contribution in [0.25, 0.3) is 0 Å². The largest absolute Gasteiger partial charge is 0.322 e. The summed E-state index contributed by atoms with van der Waals surface area (Å²) in [5.74, 6) is 0. The number of rotatable bonds is 3. The lowest BCUT2D eigenvalue weighted by Crippen LogP contribution is -2.06. The first-order chi connectivity index (χ1) is 5.77. The summed E-state index contributed by atoms with van der Waals surface area (Å²) in [5, 5.41) is 8.44. The van der Waals surface area contributed by atoms with Gasteiger partial charge in [0.2, 0.25) is 0 Å². The molecule has 0 amide bonds. The second-order valence-corrected chi connectivity index (χ2v) is 3.83. The maximum Gasteiger partial charge on any atom is 0.0642 e. The molecule has 2 N–H and O–H groups in total. The Labute approximate surface area is 76.6 Å². The zero-order valence-electron chi connectivity index (χ0n) is 7.08. The van der Waals surface area contributed by atoms with E-state index in [1.54, 1.807) is 11.3 Å². The second-order valence-electron chi connectivity index (χ2n) is 2.63. The molecule has 0 spiro atoms. The van der Waals surface area contributed by atoms with Crippen molar-refractivity contribution < 1.29 is 0 Å². The molecule has 0 saturated heterocycles. The molecule has 0 saturated carbocycles. The molecule has 1 atom stereocenters. The van der Waals surface area contributed by atoms with Crippen LogP contribution in [0.2, 0.25) is 0 Å². The molecule has 12 heavy (non-hydrogen) atoms. The van der Waals surface area contributed by atoms with Crippen molar-refractivity contribution in [3.8, 4) is 6.07 Å². The number of nitrogens with two attached hydrogens (primary N) is 1. The van der Waals surface area contributed by atoms with Crippen molar-refractivity contribution in [2.75, 3.05) is 0 Å². The van der Waals surface area contributed by atoms with Gasteiger partial charge in [0.05, 0.1) is 18.5 Å². The quantitative estimate of drug-likeness (QED) is 0.775. The lowest BCUT2D eigenvalue weighted by atomic mass is 10.2. The Morgan fingerprint density at radius 2 is 2.42 bits per heavy atom. The van der Waals surface area contributed by atoms with Gasteiger partial charge in [0.15, 0.2) is 0 Å². The minimum atomic E-state index is -0.0969. The molecule has 0 aromatic carbocycles. The van der Waals surface area contributed by atoms with Gasteiger partial charge in [-0.2, -0.15) is 5.26 Å². The maximum absolute atomic E-state index is 8.44. The zero-order chi connectivity index (χ0) is 8.97. The minimum Gasteiger partial charge on any atom is -0.322 e. The van der Waals surface area contributed by atoms with Crippen LogP contribution in [0.15, 0.2) is 12.1 Å². The molecule has 1 rings (SSSR count). The minimum absolute atomic E-state index is 0.0969. The first kappa shape index (κ1) is 9.24. The number of hydrogen-bond acceptors (Lipinski definition) is 3. The Kier molecular flexibility index (Phi) is 3.27. The summed E-state index contributed by atoms with van der Waals surface area (Å²) in [6, 6.07) is 6.08. The first-order valence-electron chi connectivity index (χ1n) is 3.99. The van der Waals surface area contributed by atoms with Crippen LogP contribution in [0.1, 0.15) is 29.1 Å². The van der Waals surface area contributed by atoms with Crippen molar-refractivity contribution in [3.63, 3.8) is 0 Å². The monoisotopic (exact) mass is 180 g/mol. The van der Waals surface area contributed by atoms with E-state index in [2.05, 4.69) is 19.1 Å². The van der Waals surface area contributed by atoms with E-state index in [4.69, 9.17) is 11.0 Å². The van der Waals surface area contributed by atoms with Gasteiger partial charge in [-0.05, 0) is 18.6 Å². The van der Waals surface area contributed by atoms with Crippen LogP contribution in [0.3, 0.4) is 0 Å². The molecule has 0 aliphatic heterocycles. The summed E-state index contributed by atoms with van der Waals surface area (Å²) in [4.78, 5) is 2.45. The van der Waals surface area contributed by atoms with Crippen LogP contribution in [0, 0.1) is 11.3 Å². The van der Waals surface area contributed by atoms with Crippen LogP contribution >= 0.6 is 11.3 Å². The Hall–Kier alpha value is -0.850. The van der Waals surface area contributed by atoms with Crippen LogP contribution in [0.5, 0.6) is 0 Å². The summed E-state index contributed by atoms with van der Waals surface area (Å²) >= 11 is 1.70. The predicted molar refractivity (Wildman–Crippen MR) is 50.9 cm³/mol. The molecule has 1 aromatic heterocycles. The Morgan fingerprint density at radius 1 is 1.67 bits per heavy atom. The van der Waals surface area contributed by atoms with Gasteiger partial charge in [-0.3, -0.25) is 0 Å². The molecule has 2 nitrogen and oxygen atoms in total. The lowest BCUT2D eigenvalue weighted by molar-refractivity contribution is 0.765. The smallest absolute Gasteiger partial charge is 0.0642 e. The predicted octanol–water partition coefficient (Wildman–Crippen LogP) is 2.22. The fourth-order valence-electron chi connectivity index (χ4n) is 0.983. The molecular formula is C9H12N2S. The number of nitrogens with zero attached hydrogens (tertiary/aromatic N) is 1. The molecule has 3 heteroatoms. The summed E-state index contributed by atoms with van der Waals surface area (Å²) < 4.78 is 0. The van der Waals surface area contributed by atoms with Gasteiger partial charge >= 0.3 is 0 Å². The van der Waals surface area contributed by atoms with E-state index in [-0.39, 0.29) is 6.04 Å². The van der Waals surface area contributed by atoms with Gasteiger partial charge in [0, 0.05) is 9.75 Å². The van der Waals surface area contributed by atoms with E-state index >= 15 is 0 Å². The average Bonchev–Trinajstić information content (AvgIpc) is 2.52. The van der Waals surface area contributed by atoms with Crippen LogP contribution in [0.4, 0.5) is 0 Å². The Bertz CT molecular complexity index is 285. The third kappa shape index (κ3) is 2.07. The number of aryl methyl sites for hydroxylation is 1. The molecule has 0 unspecified atom stereocenters. The van der Waals surface area contributed by atoms with Crippen molar-refractivity contribution in [3.05, 3.63) is 21.9 Å². The van der Waals surface area contributed by atoms with Crippen LogP contribution < -0.4 is 5.73 Å². The van der Waals surface area contributed by atoms with E-state index < -0.39 is 0 Å². The third-order valence-corrected chi connectivity index (χ3v) is 3.07. The van der Waals surface area contributed by atoms with Gasteiger partial charge in [0.1, 0.15) is 0 Å². The van der Waals surface area contributed by atoms with E-state index in [9.17, 15) is 0 Å². The standard InChI is InChI=1S/C9H12N2S/c1-2-7-3-4-9(12-7)8(11)5-6-10/h3-4,8H,2,5,11H2,1H3/t8-/m1/s1. The fraction of sp³-hybridized carbons (Fsp3) is 0.444. The van der Waals surface area contributed by atoms with Crippen molar-refractivity contribution in [1.82, 2.24) is 0 Å². The average molecular weight is 180 g/mol. The van der Waals surface area contributed by atoms with E-state index in [0.717, 1.165) is 11.3 Å². The molecular weight excluding hydrogens is 168 g/mol. The molecule has 0 radical (unpaired) electrons. The normalized spacial score (nSPS) is 12.4. The summed E-state index contributed by atoms with van der Waals surface area (Å²) in [6.07, 6.45) is 1.45. The van der Waals surface area contributed by atoms with Crippen molar-refractivity contribution in [1.29, 1.82) is 5.26 Å². The van der Waals surface area contributed by atoms with Crippen molar-refractivity contribution in [2.24, 2.45) is 5.73 Å². The van der Waals surface area contributed by atoms with Crippen LogP contribution in [-0.2, 0) is 6.42 Å². The summed E-state index contributed by atoms with van der Waals surface area (Å²) in [7, 11) is 0. The lowest BCUT2D eigenvalue weighted by Gasteiger charge is -2.01. The summed E-state index contributed by atoms with van der Waals surface area (Å²) in [6.45, 7) is 2.12. The molecule has 0 aliphatic rings. The molecule has 0 aliphatic carbocycles. The first-order valence-corrected chi connectivity index (χ1v) is 4.80. The molecule has 64 valence electrons. The third-order valence-electron chi connectivity index (χ3n) is 1.71. The van der Waals surface area contributed by atoms with Crippen molar-refractivity contribution in [2.45, 2.75) is 25.8 Å². The van der Waals surface area contributed by atoms with Gasteiger partial charge in [-0.1, -0.05) is 6.92 Å². The highest BCUT2D eigenvalue weighted by Crippen LogP contribution is 2.23.